The zero-order valence-corrected chi connectivity index (χ0v) is 12.5. The van der Waals surface area contributed by atoms with Gasteiger partial charge in [0, 0.05) is 32.8 Å². The number of carbonyl (C=O) groups is 2. The first-order valence-electron chi connectivity index (χ1n) is 6.79. The van der Waals surface area contributed by atoms with Crippen molar-refractivity contribution < 1.29 is 9.59 Å². The first-order valence-corrected chi connectivity index (χ1v) is 6.79. The standard InChI is InChI=1S/C15H17N5O2/c1-10(21)18-8-12-4-3-11(6-19-12)5-13-7-17-9-14(20-13)15(22)16-2/h3-4,6-7,9H,5,8H2,1-2H3,(H,16,22)(H,18,21). The van der Waals surface area contributed by atoms with Gasteiger partial charge in [-0.2, -0.15) is 0 Å². The third-order valence-electron chi connectivity index (χ3n) is 2.93. The van der Waals surface area contributed by atoms with Gasteiger partial charge >= 0.3 is 0 Å². The number of rotatable bonds is 5. The van der Waals surface area contributed by atoms with E-state index in [-0.39, 0.29) is 17.5 Å². The number of pyridine rings is 1. The minimum absolute atomic E-state index is 0.0906. The number of carbonyl (C=O) groups excluding carboxylic acids is 2. The van der Waals surface area contributed by atoms with Crippen LogP contribution in [0.25, 0.3) is 0 Å². The summed E-state index contributed by atoms with van der Waals surface area (Å²) >= 11 is 0. The van der Waals surface area contributed by atoms with Gasteiger partial charge in [-0.05, 0) is 11.6 Å². The second-order valence-electron chi connectivity index (χ2n) is 4.72. The second-order valence-corrected chi connectivity index (χ2v) is 4.72. The summed E-state index contributed by atoms with van der Waals surface area (Å²) in [6.07, 6.45) is 5.31. The van der Waals surface area contributed by atoms with Crippen molar-refractivity contribution in [2.45, 2.75) is 19.9 Å². The van der Waals surface area contributed by atoms with E-state index in [0.29, 0.717) is 18.7 Å². The highest BCUT2D eigenvalue weighted by Crippen LogP contribution is 2.07. The summed E-state index contributed by atoms with van der Waals surface area (Å²) in [4.78, 5) is 34.9. The van der Waals surface area contributed by atoms with E-state index >= 15 is 0 Å². The number of nitrogens with zero attached hydrogens (tertiary/aromatic N) is 3. The van der Waals surface area contributed by atoms with Crippen LogP contribution in [0.1, 0.15) is 34.4 Å². The molecule has 0 aliphatic heterocycles. The molecule has 2 rings (SSSR count). The van der Waals surface area contributed by atoms with Crippen molar-refractivity contribution in [3.05, 3.63) is 53.4 Å². The van der Waals surface area contributed by atoms with Crippen LogP contribution in [0.5, 0.6) is 0 Å². The minimum Gasteiger partial charge on any atom is -0.354 e. The molecule has 2 aromatic rings. The van der Waals surface area contributed by atoms with Crippen LogP contribution in [-0.4, -0.2) is 33.8 Å². The normalized spacial score (nSPS) is 10.1. The lowest BCUT2D eigenvalue weighted by atomic mass is 10.1. The van der Waals surface area contributed by atoms with Gasteiger partial charge in [-0.15, -0.1) is 0 Å². The average molecular weight is 299 g/mol. The van der Waals surface area contributed by atoms with Crippen LogP contribution in [0, 0.1) is 0 Å². The van der Waals surface area contributed by atoms with E-state index in [1.54, 1.807) is 19.4 Å². The molecule has 2 amide bonds. The first kappa shape index (κ1) is 15.6. The molecule has 114 valence electrons. The predicted molar refractivity (Wildman–Crippen MR) is 80.0 cm³/mol. The summed E-state index contributed by atoms with van der Waals surface area (Å²) in [6.45, 7) is 1.87. The van der Waals surface area contributed by atoms with Gasteiger partial charge in [-0.3, -0.25) is 19.6 Å². The molecule has 22 heavy (non-hydrogen) atoms. The maximum atomic E-state index is 11.5. The van der Waals surface area contributed by atoms with Gasteiger partial charge in [0.1, 0.15) is 5.69 Å². The third kappa shape index (κ3) is 4.34. The predicted octanol–water partition coefficient (Wildman–Crippen LogP) is 0.458. The first-order chi connectivity index (χ1) is 10.6. The summed E-state index contributed by atoms with van der Waals surface area (Å²) in [6, 6.07) is 3.76. The molecule has 0 saturated heterocycles. The summed E-state index contributed by atoms with van der Waals surface area (Å²) in [7, 11) is 1.55. The molecular weight excluding hydrogens is 282 g/mol. The lowest BCUT2D eigenvalue weighted by molar-refractivity contribution is -0.119. The second kappa shape index (κ2) is 7.26. The monoisotopic (exact) mass is 299 g/mol. The molecule has 7 heteroatoms. The molecule has 0 bridgehead atoms. The molecule has 2 aromatic heterocycles. The Balaban J connectivity index is 2.04. The van der Waals surface area contributed by atoms with Crippen molar-refractivity contribution in [2.24, 2.45) is 0 Å². The van der Waals surface area contributed by atoms with Crippen molar-refractivity contribution in [1.82, 2.24) is 25.6 Å². The molecule has 0 aromatic carbocycles. The Morgan fingerprint density at radius 2 is 1.95 bits per heavy atom. The molecule has 0 spiro atoms. The maximum absolute atomic E-state index is 11.5. The molecular formula is C15H17N5O2. The fourth-order valence-corrected chi connectivity index (χ4v) is 1.82. The van der Waals surface area contributed by atoms with Crippen molar-refractivity contribution in [1.29, 1.82) is 0 Å². The summed E-state index contributed by atoms with van der Waals surface area (Å²) < 4.78 is 0. The largest absolute Gasteiger partial charge is 0.354 e. The Morgan fingerprint density at radius 3 is 2.59 bits per heavy atom. The number of amides is 2. The Bertz CT molecular complexity index is 670. The van der Waals surface area contributed by atoms with E-state index in [4.69, 9.17) is 0 Å². The Hall–Kier alpha value is -2.83. The van der Waals surface area contributed by atoms with Gasteiger partial charge in [-0.25, -0.2) is 4.98 Å². The highest BCUT2D eigenvalue weighted by atomic mass is 16.2. The van der Waals surface area contributed by atoms with Crippen molar-refractivity contribution >= 4 is 11.8 Å². The molecule has 0 aliphatic carbocycles. The van der Waals surface area contributed by atoms with Gasteiger partial charge in [0.15, 0.2) is 0 Å². The highest BCUT2D eigenvalue weighted by Gasteiger charge is 2.07. The van der Waals surface area contributed by atoms with Gasteiger partial charge in [0.05, 0.1) is 24.1 Å². The van der Waals surface area contributed by atoms with E-state index < -0.39 is 0 Å². The van der Waals surface area contributed by atoms with E-state index in [9.17, 15) is 9.59 Å². The smallest absolute Gasteiger partial charge is 0.271 e. The van der Waals surface area contributed by atoms with E-state index in [0.717, 1.165) is 11.3 Å². The quantitative estimate of drug-likeness (QED) is 0.836. The summed E-state index contributed by atoms with van der Waals surface area (Å²) in [5.74, 6) is -0.356. The van der Waals surface area contributed by atoms with Crippen LogP contribution in [0.3, 0.4) is 0 Å². The highest BCUT2D eigenvalue weighted by molar-refractivity contribution is 5.91. The lowest BCUT2D eigenvalue weighted by Gasteiger charge is -2.05. The molecule has 0 aliphatic rings. The Labute approximate surface area is 128 Å². The number of aromatic nitrogens is 3. The van der Waals surface area contributed by atoms with Crippen molar-refractivity contribution in [3.8, 4) is 0 Å². The zero-order valence-electron chi connectivity index (χ0n) is 12.5. The Kier molecular flexibility index (Phi) is 5.13. The summed E-state index contributed by atoms with van der Waals surface area (Å²) in [5.41, 5.74) is 2.71. The van der Waals surface area contributed by atoms with Crippen molar-refractivity contribution in [3.63, 3.8) is 0 Å². The fourth-order valence-electron chi connectivity index (χ4n) is 1.82. The van der Waals surface area contributed by atoms with Gasteiger partial charge in [-0.1, -0.05) is 6.07 Å². The van der Waals surface area contributed by atoms with E-state index in [1.165, 1.54) is 13.1 Å². The molecule has 0 unspecified atom stereocenters. The topological polar surface area (TPSA) is 96.9 Å². The van der Waals surface area contributed by atoms with Gasteiger partial charge in [0.2, 0.25) is 5.91 Å². The van der Waals surface area contributed by atoms with Crippen LogP contribution >= 0.6 is 0 Å². The average Bonchev–Trinajstić information content (AvgIpc) is 2.53. The Morgan fingerprint density at radius 1 is 1.14 bits per heavy atom. The fraction of sp³-hybridized carbons (Fsp3) is 0.267. The minimum atomic E-state index is -0.266. The molecule has 2 heterocycles. The molecule has 0 fully saturated rings. The van der Waals surface area contributed by atoms with Gasteiger partial charge in [0.25, 0.3) is 5.91 Å². The molecule has 0 atom stereocenters. The molecule has 2 N–H and O–H groups in total. The van der Waals surface area contributed by atoms with Crippen LogP contribution in [0.4, 0.5) is 0 Å². The van der Waals surface area contributed by atoms with Crippen LogP contribution in [0.2, 0.25) is 0 Å². The van der Waals surface area contributed by atoms with Gasteiger partial charge < -0.3 is 10.6 Å². The van der Waals surface area contributed by atoms with E-state index in [1.807, 2.05) is 12.1 Å². The number of nitrogens with one attached hydrogen (secondary N) is 2. The van der Waals surface area contributed by atoms with E-state index in [2.05, 4.69) is 25.6 Å². The number of hydrogen-bond donors (Lipinski definition) is 2. The lowest BCUT2D eigenvalue weighted by Crippen LogP contribution is -2.20. The maximum Gasteiger partial charge on any atom is 0.271 e. The zero-order chi connectivity index (χ0) is 15.9. The van der Waals surface area contributed by atoms with Crippen LogP contribution in [-0.2, 0) is 17.8 Å². The molecule has 0 radical (unpaired) electrons. The van der Waals surface area contributed by atoms with Crippen LogP contribution in [0.15, 0.2) is 30.7 Å². The van der Waals surface area contributed by atoms with Crippen molar-refractivity contribution in [2.75, 3.05) is 7.05 Å². The molecule has 0 saturated carbocycles. The summed E-state index contributed by atoms with van der Waals surface area (Å²) in [5, 5.41) is 5.20. The SMILES string of the molecule is CNC(=O)c1cncc(Cc2ccc(CNC(C)=O)nc2)n1. The van der Waals surface area contributed by atoms with Crippen LogP contribution < -0.4 is 10.6 Å². The molecule has 7 nitrogen and oxygen atoms in total. The number of hydrogen-bond acceptors (Lipinski definition) is 5. The third-order valence-corrected chi connectivity index (χ3v) is 2.93.